The molecule has 2 fully saturated rings. The summed E-state index contributed by atoms with van der Waals surface area (Å²) >= 11 is 0. The molecule has 1 aromatic rings. The number of hydrogen-bond donors (Lipinski definition) is 2. The van der Waals surface area contributed by atoms with Gasteiger partial charge in [-0.2, -0.15) is 0 Å². The maximum absolute atomic E-state index is 12.3. The Bertz CT molecular complexity index is 434. The number of nitrogens with one attached hydrogen (secondary N) is 1. The van der Waals surface area contributed by atoms with Crippen molar-refractivity contribution in [3.8, 4) is 0 Å². The van der Waals surface area contributed by atoms with Crippen LogP contribution < -0.4 is 11.1 Å². The summed E-state index contributed by atoms with van der Waals surface area (Å²) in [6.07, 6.45) is 6.02. The molecule has 1 amide bonds. The fourth-order valence-electron chi connectivity index (χ4n) is 2.76. The van der Waals surface area contributed by atoms with Crippen LogP contribution in [-0.4, -0.2) is 18.5 Å². The van der Waals surface area contributed by atoms with Gasteiger partial charge in [0, 0.05) is 11.6 Å². The van der Waals surface area contributed by atoms with Crippen LogP contribution >= 0.6 is 0 Å². The Kier molecular flexibility index (Phi) is 3.56. The maximum atomic E-state index is 12.3. The lowest BCUT2D eigenvalue weighted by Crippen LogP contribution is -2.38. The van der Waals surface area contributed by atoms with Gasteiger partial charge in [0.15, 0.2) is 0 Å². The van der Waals surface area contributed by atoms with Gasteiger partial charge < -0.3 is 11.1 Å². The molecule has 0 spiro atoms. The molecule has 0 bridgehead atoms. The Morgan fingerprint density at radius 2 is 1.74 bits per heavy atom. The summed E-state index contributed by atoms with van der Waals surface area (Å²) < 4.78 is 0. The first-order chi connectivity index (χ1) is 9.28. The third-order valence-electron chi connectivity index (χ3n) is 4.21. The van der Waals surface area contributed by atoms with E-state index in [1.807, 2.05) is 24.3 Å². The lowest BCUT2D eigenvalue weighted by Gasteiger charge is -2.17. The largest absolute Gasteiger partial charge is 0.349 e. The maximum Gasteiger partial charge on any atom is 0.251 e. The summed E-state index contributed by atoms with van der Waals surface area (Å²) in [6.45, 7) is 0.650. The first kappa shape index (κ1) is 12.7. The van der Waals surface area contributed by atoms with Crippen LogP contribution in [0.3, 0.4) is 0 Å². The van der Waals surface area contributed by atoms with Gasteiger partial charge in [-0.25, -0.2) is 0 Å². The SMILES string of the molecule is NCCc1ccc(C(=O)NC(C2CC2)C2CC2)cc1. The zero-order valence-electron chi connectivity index (χ0n) is 11.3. The molecule has 0 unspecified atom stereocenters. The van der Waals surface area contributed by atoms with Crippen molar-refractivity contribution in [3.05, 3.63) is 35.4 Å². The van der Waals surface area contributed by atoms with Gasteiger partial charge in [-0.3, -0.25) is 4.79 Å². The van der Waals surface area contributed by atoms with Gasteiger partial charge in [-0.1, -0.05) is 12.1 Å². The molecule has 2 aliphatic rings. The molecule has 0 heterocycles. The van der Waals surface area contributed by atoms with Crippen molar-refractivity contribution in [2.24, 2.45) is 17.6 Å². The average Bonchev–Trinajstić information content (AvgIpc) is 3.30. The topological polar surface area (TPSA) is 55.1 Å². The normalized spacial score (nSPS) is 18.6. The zero-order valence-corrected chi connectivity index (χ0v) is 11.3. The predicted molar refractivity (Wildman–Crippen MR) is 75.9 cm³/mol. The van der Waals surface area contributed by atoms with Crippen molar-refractivity contribution in [2.45, 2.75) is 38.1 Å². The molecule has 102 valence electrons. The second kappa shape index (κ2) is 5.33. The number of carbonyl (C=O) groups is 1. The molecule has 0 aliphatic heterocycles. The summed E-state index contributed by atoms with van der Waals surface area (Å²) in [5.41, 5.74) is 7.49. The molecular weight excluding hydrogens is 236 g/mol. The fraction of sp³-hybridized carbons (Fsp3) is 0.562. The molecule has 0 radical (unpaired) electrons. The van der Waals surface area contributed by atoms with E-state index in [0.717, 1.165) is 23.8 Å². The Morgan fingerprint density at radius 3 is 2.21 bits per heavy atom. The number of nitrogens with two attached hydrogens (primary N) is 1. The number of rotatable bonds is 6. The van der Waals surface area contributed by atoms with Gasteiger partial charge in [-0.15, -0.1) is 0 Å². The Balaban J connectivity index is 1.62. The van der Waals surface area contributed by atoms with Crippen LogP contribution in [0.5, 0.6) is 0 Å². The van der Waals surface area contributed by atoms with Crippen LogP contribution in [0.2, 0.25) is 0 Å². The van der Waals surface area contributed by atoms with Crippen LogP contribution in [-0.2, 0) is 6.42 Å². The van der Waals surface area contributed by atoms with Gasteiger partial charge in [0.2, 0.25) is 0 Å². The molecule has 2 saturated carbocycles. The number of hydrogen-bond acceptors (Lipinski definition) is 2. The van der Waals surface area contributed by atoms with E-state index < -0.39 is 0 Å². The first-order valence-electron chi connectivity index (χ1n) is 7.38. The predicted octanol–water partition coefficient (Wildman–Crippen LogP) is 2.11. The number of carbonyl (C=O) groups excluding carboxylic acids is 1. The zero-order chi connectivity index (χ0) is 13.2. The molecule has 1 aromatic carbocycles. The minimum absolute atomic E-state index is 0.0862. The van der Waals surface area contributed by atoms with E-state index in [9.17, 15) is 4.79 Å². The molecule has 0 aromatic heterocycles. The monoisotopic (exact) mass is 258 g/mol. The second-order valence-corrected chi connectivity index (χ2v) is 5.91. The second-order valence-electron chi connectivity index (χ2n) is 5.91. The van der Waals surface area contributed by atoms with Crippen LogP contribution in [0.4, 0.5) is 0 Å². The highest BCUT2D eigenvalue weighted by Crippen LogP contribution is 2.44. The van der Waals surface area contributed by atoms with Crippen molar-refractivity contribution in [3.63, 3.8) is 0 Å². The van der Waals surface area contributed by atoms with E-state index in [2.05, 4.69) is 5.32 Å². The van der Waals surface area contributed by atoms with Crippen LogP contribution in [0.25, 0.3) is 0 Å². The van der Waals surface area contributed by atoms with E-state index in [1.54, 1.807) is 0 Å². The van der Waals surface area contributed by atoms with E-state index in [0.29, 0.717) is 12.6 Å². The van der Waals surface area contributed by atoms with Crippen molar-refractivity contribution in [1.29, 1.82) is 0 Å². The van der Waals surface area contributed by atoms with Gasteiger partial charge >= 0.3 is 0 Å². The van der Waals surface area contributed by atoms with Crippen LogP contribution in [0, 0.1) is 11.8 Å². The molecule has 3 heteroatoms. The minimum Gasteiger partial charge on any atom is -0.349 e. The van der Waals surface area contributed by atoms with Crippen molar-refractivity contribution in [2.75, 3.05) is 6.54 Å². The van der Waals surface area contributed by atoms with Crippen molar-refractivity contribution in [1.82, 2.24) is 5.32 Å². The molecule has 0 atom stereocenters. The summed E-state index contributed by atoms with van der Waals surface area (Å²) in [4.78, 5) is 12.3. The van der Waals surface area contributed by atoms with E-state index >= 15 is 0 Å². The molecule has 3 rings (SSSR count). The van der Waals surface area contributed by atoms with E-state index in [4.69, 9.17) is 5.73 Å². The standard InChI is InChI=1S/C16H22N2O/c17-10-9-11-1-3-14(4-2-11)16(19)18-15(12-5-6-12)13-7-8-13/h1-4,12-13,15H,5-10,17H2,(H,18,19). The van der Waals surface area contributed by atoms with Crippen LogP contribution in [0.1, 0.15) is 41.6 Å². The average molecular weight is 258 g/mol. The molecule has 0 saturated heterocycles. The highest BCUT2D eigenvalue weighted by Gasteiger charge is 2.42. The lowest BCUT2D eigenvalue weighted by molar-refractivity contribution is 0.0926. The molecule has 2 aliphatic carbocycles. The Morgan fingerprint density at radius 1 is 1.16 bits per heavy atom. The van der Waals surface area contributed by atoms with Crippen LogP contribution in [0.15, 0.2) is 24.3 Å². The highest BCUT2D eigenvalue weighted by atomic mass is 16.1. The highest BCUT2D eigenvalue weighted by molar-refractivity contribution is 5.94. The van der Waals surface area contributed by atoms with E-state index in [1.165, 1.54) is 31.2 Å². The minimum atomic E-state index is 0.0862. The third-order valence-corrected chi connectivity index (χ3v) is 4.21. The quantitative estimate of drug-likeness (QED) is 0.821. The molecule has 19 heavy (non-hydrogen) atoms. The smallest absolute Gasteiger partial charge is 0.251 e. The Hall–Kier alpha value is -1.35. The third kappa shape index (κ3) is 3.16. The Labute approximate surface area is 114 Å². The van der Waals surface area contributed by atoms with E-state index in [-0.39, 0.29) is 5.91 Å². The van der Waals surface area contributed by atoms with Crippen molar-refractivity contribution < 1.29 is 4.79 Å². The lowest BCUT2D eigenvalue weighted by atomic mass is 10.1. The first-order valence-corrected chi connectivity index (χ1v) is 7.38. The fourth-order valence-corrected chi connectivity index (χ4v) is 2.76. The van der Waals surface area contributed by atoms with Gasteiger partial charge in [-0.05, 0) is 68.2 Å². The van der Waals surface area contributed by atoms with Gasteiger partial charge in [0.05, 0.1) is 0 Å². The molecule has 3 N–H and O–H groups in total. The molecular formula is C16H22N2O. The summed E-state index contributed by atoms with van der Waals surface area (Å²) in [6, 6.07) is 8.26. The summed E-state index contributed by atoms with van der Waals surface area (Å²) in [5, 5.41) is 3.25. The van der Waals surface area contributed by atoms with Crippen molar-refractivity contribution >= 4 is 5.91 Å². The van der Waals surface area contributed by atoms with Gasteiger partial charge in [0.25, 0.3) is 5.91 Å². The summed E-state index contributed by atoms with van der Waals surface area (Å²) in [7, 11) is 0. The molecule has 3 nitrogen and oxygen atoms in total. The number of amides is 1. The van der Waals surface area contributed by atoms with Gasteiger partial charge in [0.1, 0.15) is 0 Å². The summed E-state index contributed by atoms with van der Waals surface area (Å²) in [5.74, 6) is 1.57. The number of benzene rings is 1.